The first-order valence-corrected chi connectivity index (χ1v) is 22.1. The van der Waals surface area contributed by atoms with Crippen molar-refractivity contribution in [3.05, 3.63) is 60.8 Å². The summed E-state index contributed by atoms with van der Waals surface area (Å²) in [6.07, 6.45) is 48.5. The van der Waals surface area contributed by atoms with Gasteiger partial charge in [0.2, 0.25) is 5.91 Å². The molecule has 0 fully saturated rings. The Bertz CT molecular complexity index is 968. The molecular formula is C47H83NO5. The largest absolute Gasteiger partial charge is 0.462 e. The third kappa shape index (κ3) is 36.3. The predicted molar refractivity (Wildman–Crippen MR) is 227 cm³/mol. The summed E-state index contributed by atoms with van der Waals surface area (Å²) in [6, 6.07) is -0.707. The first kappa shape index (κ1) is 50.6. The lowest BCUT2D eigenvalue weighted by atomic mass is 10.0. The van der Waals surface area contributed by atoms with Crippen molar-refractivity contribution in [2.24, 2.45) is 0 Å². The van der Waals surface area contributed by atoms with Gasteiger partial charge >= 0.3 is 5.97 Å². The van der Waals surface area contributed by atoms with Crippen LogP contribution in [0, 0.1) is 0 Å². The number of rotatable bonds is 38. The number of unbranched alkanes of at least 4 members (excludes halogenated alkanes) is 20. The number of allylic oxidation sites excluding steroid dienone is 10. The Morgan fingerprint density at radius 3 is 1.53 bits per heavy atom. The Kier molecular flexibility index (Phi) is 38.9. The average Bonchev–Trinajstić information content (AvgIpc) is 3.15. The zero-order valence-electron chi connectivity index (χ0n) is 34.6. The van der Waals surface area contributed by atoms with E-state index in [0.717, 1.165) is 70.6 Å². The van der Waals surface area contributed by atoms with Crippen LogP contribution in [0.4, 0.5) is 0 Å². The van der Waals surface area contributed by atoms with Gasteiger partial charge < -0.3 is 20.3 Å². The van der Waals surface area contributed by atoms with E-state index >= 15 is 0 Å². The van der Waals surface area contributed by atoms with Gasteiger partial charge in [-0.25, -0.2) is 0 Å². The molecule has 0 heterocycles. The monoisotopic (exact) mass is 742 g/mol. The van der Waals surface area contributed by atoms with E-state index in [-0.39, 0.29) is 24.9 Å². The summed E-state index contributed by atoms with van der Waals surface area (Å²) in [6.45, 7) is 6.28. The molecule has 0 aromatic rings. The van der Waals surface area contributed by atoms with Crippen molar-refractivity contribution in [3.8, 4) is 0 Å². The molecule has 0 spiro atoms. The van der Waals surface area contributed by atoms with Crippen molar-refractivity contribution in [1.29, 1.82) is 0 Å². The molecule has 0 saturated heterocycles. The van der Waals surface area contributed by atoms with Crippen molar-refractivity contribution >= 4 is 11.9 Å². The van der Waals surface area contributed by atoms with Crippen molar-refractivity contribution in [2.45, 2.75) is 219 Å². The molecule has 0 radical (unpaired) electrons. The normalized spacial score (nSPS) is 14.0. The lowest BCUT2D eigenvalue weighted by Crippen LogP contribution is -2.46. The van der Waals surface area contributed by atoms with Gasteiger partial charge in [0, 0.05) is 6.42 Å². The van der Waals surface area contributed by atoms with Crippen LogP contribution in [0.15, 0.2) is 60.8 Å². The smallest absolute Gasteiger partial charge is 0.306 e. The number of hydrogen-bond acceptors (Lipinski definition) is 5. The maximum atomic E-state index is 13.1. The minimum absolute atomic E-state index is 0.0595. The maximum Gasteiger partial charge on any atom is 0.306 e. The third-order valence-corrected chi connectivity index (χ3v) is 9.74. The van der Waals surface area contributed by atoms with Crippen LogP contribution in [-0.4, -0.2) is 46.9 Å². The molecule has 0 aliphatic heterocycles. The average molecular weight is 742 g/mol. The van der Waals surface area contributed by atoms with Crippen molar-refractivity contribution in [3.63, 3.8) is 0 Å². The Morgan fingerprint density at radius 2 is 1.02 bits per heavy atom. The van der Waals surface area contributed by atoms with E-state index in [0.29, 0.717) is 19.3 Å². The number of carbonyl (C=O) groups excluding carboxylic acids is 2. The van der Waals surface area contributed by atoms with Crippen LogP contribution >= 0.6 is 0 Å². The molecule has 6 nitrogen and oxygen atoms in total. The molecule has 0 rings (SSSR count). The summed E-state index contributed by atoms with van der Waals surface area (Å²) in [5.41, 5.74) is 0. The number of esters is 1. The van der Waals surface area contributed by atoms with Gasteiger partial charge in [0.05, 0.1) is 25.2 Å². The standard InChI is InChI=1S/C47H83NO5/c1-4-7-10-13-16-19-21-22-23-24-25-28-31-34-37-40-47(52)53-43(38-35-32-29-26-18-15-12-9-6-3)41-46(51)48-44(42-49)45(50)39-36-33-30-27-20-17-14-11-8-5-2/h7,10,13,16,19,21-25,43-45,49-50H,4-6,8-9,11-12,14-15,17-18,20,26-42H2,1-3H3,(H,48,51)/b10-7+,16-13+,21-19-,23-22-,25-24+. The second kappa shape index (κ2) is 40.7. The Morgan fingerprint density at radius 1 is 0.566 bits per heavy atom. The number of aliphatic hydroxyl groups excluding tert-OH is 2. The van der Waals surface area contributed by atoms with E-state index in [4.69, 9.17) is 4.74 Å². The topological polar surface area (TPSA) is 95.9 Å². The lowest BCUT2D eigenvalue weighted by Gasteiger charge is -2.24. The van der Waals surface area contributed by atoms with Crippen molar-refractivity contribution in [1.82, 2.24) is 5.32 Å². The highest BCUT2D eigenvalue weighted by Crippen LogP contribution is 2.17. The van der Waals surface area contributed by atoms with E-state index in [1.54, 1.807) is 0 Å². The van der Waals surface area contributed by atoms with Crippen LogP contribution in [-0.2, 0) is 14.3 Å². The summed E-state index contributed by atoms with van der Waals surface area (Å²) in [4.78, 5) is 25.9. The SMILES string of the molecule is CC/C=C/C=C/C=C\C=C/C=C/CCCCCC(=O)OC(CCCCCCCCCCC)CC(=O)NC(CO)C(O)CCCCCCCCCCCC. The Hall–Kier alpha value is -2.44. The summed E-state index contributed by atoms with van der Waals surface area (Å²) >= 11 is 0. The van der Waals surface area contributed by atoms with Gasteiger partial charge in [-0.3, -0.25) is 9.59 Å². The van der Waals surface area contributed by atoms with Crippen molar-refractivity contribution < 1.29 is 24.5 Å². The second-order valence-corrected chi connectivity index (χ2v) is 14.8. The van der Waals surface area contributed by atoms with Gasteiger partial charge in [0.25, 0.3) is 0 Å². The van der Waals surface area contributed by atoms with E-state index < -0.39 is 18.2 Å². The van der Waals surface area contributed by atoms with Crippen LogP contribution in [0.25, 0.3) is 0 Å². The minimum atomic E-state index is -0.792. The minimum Gasteiger partial charge on any atom is -0.462 e. The molecule has 1 amide bonds. The number of ether oxygens (including phenoxy) is 1. The summed E-state index contributed by atoms with van der Waals surface area (Å²) in [7, 11) is 0. The molecule has 0 saturated carbocycles. The fourth-order valence-corrected chi connectivity index (χ4v) is 6.39. The van der Waals surface area contributed by atoms with Gasteiger partial charge in [-0.05, 0) is 44.9 Å². The molecule has 0 aliphatic rings. The molecular weight excluding hydrogens is 659 g/mol. The first-order valence-electron chi connectivity index (χ1n) is 22.1. The number of carbonyl (C=O) groups is 2. The van der Waals surface area contributed by atoms with E-state index in [1.807, 2.05) is 42.5 Å². The molecule has 3 atom stereocenters. The fraction of sp³-hybridized carbons (Fsp3) is 0.745. The van der Waals surface area contributed by atoms with Crippen LogP contribution in [0.5, 0.6) is 0 Å². The number of hydrogen-bond donors (Lipinski definition) is 3. The molecule has 3 N–H and O–H groups in total. The summed E-state index contributed by atoms with van der Waals surface area (Å²) < 4.78 is 5.86. The Labute approximate surface area is 327 Å². The van der Waals surface area contributed by atoms with Gasteiger partial charge in [0.15, 0.2) is 0 Å². The molecule has 3 unspecified atom stereocenters. The van der Waals surface area contributed by atoms with Gasteiger partial charge in [-0.2, -0.15) is 0 Å². The van der Waals surface area contributed by atoms with E-state index in [9.17, 15) is 19.8 Å². The first-order chi connectivity index (χ1) is 26.0. The molecule has 0 bridgehead atoms. The highest BCUT2D eigenvalue weighted by atomic mass is 16.5. The summed E-state index contributed by atoms with van der Waals surface area (Å²) in [5.74, 6) is -0.528. The fourth-order valence-electron chi connectivity index (χ4n) is 6.39. The van der Waals surface area contributed by atoms with Crippen LogP contribution < -0.4 is 5.32 Å². The quantitative estimate of drug-likeness (QED) is 0.0333. The zero-order chi connectivity index (χ0) is 38.9. The molecule has 306 valence electrons. The van der Waals surface area contributed by atoms with Gasteiger partial charge in [-0.1, -0.05) is 204 Å². The summed E-state index contributed by atoms with van der Waals surface area (Å²) in [5, 5.41) is 23.5. The molecule has 0 aromatic heterocycles. The lowest BCUT2D eigenvalue weighted by molar-refractivity contribution is -0.151. The van der Waals surface area contributed by atoms with E-state index in [2.05, 4.69) is 44.3 Å². The number of amides is 1. The predicted octanol–water partition coefficient (Wildman–Crippen LogP) is 12.5. The van der Waals surface area contributed by atoms with E-state index in [1.165, 1.54) is 83.5 Å². The molecule has 0 aliphatic carbocycles. The number of nitrogens with one attached hydrogen (secondary N) is 1. The van der Waals surface area contributed by atoms with Gasteiger partial charge in [-0.15, -0.1) is 0 Å². The highest BCUT2D eigenvalue weighted by Gasteiger charge is 2.24. The maximum absolute atomic E-state index is 13.1. The van der Waals surface area contributed by atoms with Crippen LogP contribution in [0.1, 0.15) is 201 Å². The highest BCUT2D eigenvalue weighted by molar-refractivity contribution is 5.77. The van der Waals surface area contributed by atoms with Crippen LogP contribution in [0.2, 0.25) is 0 Å². The Balaban J connectivity index is 4.64. The molecule has 0 aromatic carbocycles. The van der Waals surface area contributed by atoms with Gasteiger partial charge in [0.1, 0.15) is 6.10 Å². The zero-order valence-corrected chi connectivity index (χ0v) is 34.6. The molecule has 53 heavy (non-hydrogen) atoms. The third-order valence-electron chi connectivity index (χ3n) is 9.74. The number of aliphatic hydroxyl groups is 2. The molecule has 6 heteroatoms. The van der Waals surface area contributed by atoms with Crippen molar-refractivity contribution in [2.75, 3.05) is 6.61 Å². The second-order valence-electron chi connectivity index (χ2n) is 14.8. The van der Waals surface area contributed by atoms with Crippen LogP contribution in [0.3, 0.4) is 0 Å².